The van der Waals surface area contributed by atoms with Crippen molar-refractivity contribution in [3.8, 4) is 5.75 Å². The van der Waals surface area contributed by atoms with E-state index in [0.717, 1.165) is 30.9 Å². The number of rotatable bonds is 6. The fraction of sp³-hybridized carbons (Fsp3) is 0.417. The van der Waals surface area contributed by atoms with E-state index < -0.39 is 11.7 Å². The first kappa shape index (κ1) is 21.1. The number of para-hydroxylation sites is 1. The topological polar surface area (TPSA) is 49.9 Å². The number of ketones is 1. The Balaban J connectivity index is 1.46. The van der Waals surface area contributed by atoms with E-state index in [-0.39, 0.29) is 5.41 Å². The lowest BCUT2D eigenvalue weighted by Gasteiger charge is -2.34. The number of carbonyl (C=O) groups excluding carboxylic acids is 2. The molecule has 5 heteroatoms. The molecular formula is C24H30N2O3. The monoisotopic (exact) mass is 394 g/mol. The van der Waals surface area contributed by atoms with Crippen LogP contribution in [0.2, 0.25) is 0 Å². The molecule has 1 aliphatic rings. The van der Waals surface area contributed by atoms with E-state index in [1.54, 1.807) is 17.0 Å². The van der Waals surface area contributed by atoms with E-state index in [9.17, 15) is 9.59 Å². The van der Waals surface area contributed by atoms with Crippen LogP contribution < -0.4 is 4.74 Å². The van der Waals surface area contributed by atoms with Gasteiger partial charge in [-0.05, 0) is 23.1 Å². The third kappa shape index (κ3) is 5.67. The van der Waals surface area contributed by atoms with Crippen LogP contribution in [-0.4, -0.2) is 60.8 Å². The lowest BCUT2D eigenvalue weighted by molar-refractivity contribution is -0.128. The lowest BCUT2D eigenvalue weighted by atomic mass is 9.86. The van der Waals surface area contributed by atoms with Gasteiger partial charge in [0, 0.05) is 38.3 Å². The van der Waals surface area contributed by atoms with Crippen LogP contribution in [0.4, 0.5) is 0 Å². The van der Waals surface area contributed by atoms with Crippen LogP contribution in [0.5, 0.6) is 5.75 Å². The molecule has 1 aliphatic heterocycles. The van der Waals surface area contributed by atoms with E-state index in [2.05, 4.69) is 25.7 Å². The zero-order valence-corrected chi connectivity index (χ0v) is 17.6. The quantitative estimate of drug-likeness (QED) is 0.557. The minimum atomic E-state index is -0.425. The molecule has 2 aromatic carbocycles. The second kappa shape index (κ2) is 9.23. The van der Waals surface area contributed by atoms with Gasteiger partial charge >= 0.3 is 0 Å². The number of ether oxygens (including phenoxy) is 1. The molecule has 0 unspecified atom stereocenters. The average molecular weight is 395 g/mol. The SMILES string of the molecule is CC(C)(C)c1ccc(C(=O)C(=O)N2CCN(CCOc3ccccc3)CC2)cc1. The molecule has 0 spiro atoms. The van der Waals surface area contributed by atoms with Crippen LogP contribution in [0, 0.1) is 0 Å². The van der Waals surface area contributed by atoms with Crippen molar-refractivity contribution in [3.05, 3.63) is 65.7 Å². The summed E-state index contributed by atoms with van der Waals surface area (Å²) in [5, 5.41) is 0. The van der Waals surface area contributed by atoms with Gasteiger partial charge in [-0.2, -0.15) is 0 Å². The van der Waals surface area contributed by atoms with E-state index in [0.29, 0.717) is 25.3 Å². The largest absolute Gasteiger partial charge is 0.492 e. The predicted molar refractivity (Wildman–Crippen MR) is 114 cm³/mol. The van der Waals surface area contributed by atoms with Gasteiger partial charge in [-0.25, -0.2) is 0 Å². The van der Waals surface area contributed by atoms with Crippen LogP contribution in [0.1, 0.15) is 36.7 Å². The summed E-state index contributed by atoms with van der Waals surface area (Å²) in [7, 11) is 0. The van der Waals surface area contributed by atoms with Gasteiger partial charge in [0.25, 0.3) is 5.91 Å². The van der Waals surface area contributed by atoms with Crippen molar-refractivity contribution in [1.82, 2.24) is 9.80 Å². The third-order valence-corrected chi connectivity index (χ3v) is 5.29. The first-order chi connectivity index (χ1) is 13.8. The van der Waals surface area contributed by atoms with Crippen molar-refractivity contribution >= 4 is 11.7 Å². The van der Waals surface area contributed by atoms with E-state index >= 15 is 0 Å². The number of nitrogens with zero attached hydrogens (tertiary/aromatic N) is 2. The maximum atomic E-state index is 12.6. The number of hydrogen-bond acceptors (Lipinski definition) is 4. The fourth-order valence-corrected chi connectivity index (χ4v) is 3.37. The van der Waals surface area contributed by atoms with Crippen LogP contribution in [-0.2, 0) is 10.2 Å². The molecule has 1 heterocycles. The van der Waals surface area contributed by atoms with Gasteiger partial charge in [0.2, 0.25) is 5.78 Å². The van der Waals surface area contributed by atoms with Gasteiger partial charge in [-0.15, -0.1) is 0 Å². The van der Waals surface area contributed by atoms with Crippen molar-refractivity contribution in [3.63, 3.8) is 0 Å². The second-order valence-corrected chi connectivity index (χ2v) is 8.45. The van der Waals surface area contributed by atoms with Crippen LogP contribution in [0.25, 0.3) is 0 Å². The number of hydrogen-bond donors (Lipinski definition) is 0. The molecule has 0 radical (unpaired) electrons. The molecular weight excluding hydrogens is 364 g/mol. The average Bonchev–Trinajstić information content (AvgIpc) is 2.73. The predicted octanol–water partition coefficient (Wildman–Crippen LogP) is 3.39. The second-order valence-electron chi connectivity index (χ2n) is 8.45. The van der Waals surface area contributed by atoms with Gasteiger partial charge in [-0.1, -0.05) is 63.2 Å². The molecule has 154 valence electrons. The molecule has 0 aliphatic carbocycles. The standard InChI is InChI=1S/C24H30N2O3/c1-24(2,3)20-11-9-19(10-12-20)22(27)23(28)26-15-13-25(14-16-26)17-18-29-21-7-5-4-6-8-21/h4-12H,13-18H2,1-3H3. The Labute approximate surface area is 173 Å². The Morgan fingerprint density at radius 3 is 2.10 bits per heavy atom. The van der Waals surface area contributed by atoms with E-state index in [4.69, 9.17) is 4.74 Å². The summed E-state index contributed by atoms with van der Waals surface area (Å²) in [4.78, 5) is 29.1. The normalized spacial score (nSPS) is 15.2. The van der Waals surface area contributed by atoms with Crippen molar-refractivity contribution in [2.75, 3.05) is 39.3 Å². The summed E-state index contributed by atoms with van der Waals surface area (Å²) in [5.41, 5.74) is 1.63. The number of piperazine rings is 1. The highest BCUT2D eigenvalue weighted by Crippen LogP contribution is 2.22. The Kier molecular flexibility index (Phi) is 6.70. The Hall–Kier alpha value is -2.66. The molecule has 29 heavy (non-hydrogen) atoms. The van der Waals surface area contributed by atoms with Crippen molar-refractivity contribution < 1.29 is 14.3 Å². The summed E-state index contributed by atoms with van der Waals surface area (Å²) in [5.74, 6) is 0.0319. The van der Waals surface area contributed by atoms with Gasteiger partial charge < -0.3 is 9.64 Å². The molecule has 3 rings (SSSR count). The minimum absolute atomic E-state index is 0.0200. The molecule has 2 aromatic rings. The maximum absolute atomic E-state index is 12.6. The van der Waals surface area contributed by atoms with Crippen molar-refractivity contribution in [2.45, 2.75) is 26.2 Å². The summed E-state index contributed by atoms with van der Waals surface area (Å²) in [6, 6.07) is 17.1. The lowest BCUT2D eigenvalue weighted by Crippen LogP contribution is -2.51. The smallest absolute Gasteiger partial charge is 0.295 e. The molecule has 0 saturated carbocycles. The molecule has 5 nitrogen and oxygen atoms in total. The first-order valence-electron chi connectivity index (χ1n) is 10.2. The number of carbonyl (C=O) groups is 2. The van der Waals surface area contributed by atoms with Crippen LogP contribution in [0.3, 0.4) is 0 Å². The molecule has 1 saturated heterocycles. The number of benzene rings is 2. The summed E-state index contributed by atoms with van der Waals surface area (Å²) < 4.78 is 5.74. The van der Waals surface area contributed by atoms with Crippen molar-refractivity contribution in [2.24, 2.45) is 0 Å². The van der Waals surface area contributed by atoms with E-state index in [1.807, 2.05) is 42.5 Å². The molecule has 0 atom stereocenters. The highest BCUT2D eigenvalue weighted by atomic mass is 16.5. The molecule has 1 fully saturated rings. The Morgan fingerprint density at radius 1 is 0.897 bits per heavy atom. The number of Topliss-reactive ketones (excluding diaryl/α,β-unsaturated/α-hetero) is 1. The first-order valence-corrected chi connectivity index (χ1v) is 10.2. The zero-order valence-electron chi connectivity index (χ0n) is 17.6. The molecule has 0 N–H and O–H groups in total. The summed E-state index contributed by atoms with van der Waals surface area (Å²) >= 11 is 0. The summed E-state index contributed by atoms with van der Waals surface area (Å²) in [6.07, 6.45) is 0. The third-order valence-electron chi connectivity index (χ3n) is 5.29. The van der Waals surface area contributed by atoms with Gasteiger partial charge in [0.05, 0.1) is 0 Å². The molecule has 1 amide bonds. The van der Waals surface area contributed by atoms with Gasteiger partial charge in [0.1, 0.15) is 12.4 Å². The van der Waals surface area contributed by atoms with Crippen LogP contribution in [0.15, 0.2) is 54.6 Å². The van der Waals surface area contributed by atoms with Crippen LogP contribution >= 0.6 is 0 Å². The Bertz CT molecular complexity index is 817. The highest BCUT2D eigenvalue weighted by molar-refractivity contribution is 6.42. The minimum Gasteiger partial charge on any atom is -0.492 e. The molecule has 0 bridgehead atoms. The Morgan fingerprint density at radius 2 is 1.52 bits per heavy atom. The summed E-state index contributed by atoms with van der Waals surface area (Å²) in [6.45, 7) is 10.4. The number of amides is 1. The maximum Gasteiger partial charge on any atom is 0.295 e. The van der Waals surface area contributed by atoms with Gasteiger partial charge in [-0.3, -0.25) is 14.5 Å². The zero-order chi connectivity index (χ0) is 20.9. The molecule has 0 aromatic heterocycles. The van der Waals surface area contributed by atoms with Crippen molar-refractivity contribution in [1.29, 1.82) is 0 Å². The fourth-order valence-electron chi connectivity index (χ4n) is 3.37. The highest BCUT2D eigenvalue weighted by Gasteiger charge is 2.27. The van der Waals surface area contributed by atoms with Gasteiger partial charge in [0.15, 0.2) is 0 Å². The van der Waals surface area contributed by atoms with E-state index in [1.165, 1.54) is 0 Å².